The van der Waals surface area contributed by atoms with Crippen molar-refractivity contribution in [1.82, 2.24) is 0 Å². The summed E-state index contributed by atoms with van der Waals surface area (Å²) in [4.78, 5) is 70.4. The van der Waals surface area contributed by atoms with E-state index >= 15 is 0 Å². The molecule has 12 nitrogen and oxygen atoms in total. The number of ether oxygens (including phenoxy) is 3. The highest BCUT2D eigenvalue weighted by Gasteiger charge is 2.73. The zero-order valence-corrected chi connectivity index (χ0v) is 29.7. The van der Waals surface area contributed by atoms with Crippen LogP contribution in [0.4, 0.5) is 14.4 Å². The van der Waals surface area contributed by atoms with Crippen molar-refractivity contribution in [2.75, 3.05) is 19.8 Å². The molecule has 0 aromatic carbocycles. The summed E-state index contributed by atoms with van der Waals surface area (Å²) in [6.45, 7) is 19.7. The Balaban J connectivity index is 7.34. The van der Waals surface area contributed by atoms with E-state index in [1.807, 2.05) is 69.2 Å². The fraction of sp³-hybridized carbons (Fsp3) is 0.909. The molecular formula is C33H62O12. The maximum Gasteiger partial charge on any atom is 0.541 e. The van der Waals surface area contributed by atoms with E-state index < -0.39 is 40.7 Å². The van der Waals surface area contributed by atoms with E-state index in [1.165, 1.54) is 0 Å². The smallest absolute Gasteiger partial charge is 0.425 e. The Morgan fingerprint density at radius 3 is 0.822 bits per heavy atom. The SMILES string of the molecule is CCCCOOC(=O)OC(CC)(CC)C(CC)(C(CC)(CC)OC(=O)OOCCCC)C(CC)(CC)OC(=O)OOCCCC. The van der Waals surface area contributed by atoms with Crippen LogP contribution in [0, 0.1) is 5.41 Å². The van der Waals surface area contributed by atoms with E-state index in [0.717, 1.165) is 19.3 Å². The number of hydrogen-bond acceptors (Lipinski definition) is 12. The molecule has 0 unspecified atom stereocenters. The topological polar surface area (TPSA) is 134 Å². The highest BCUT2D eigenvalue weighted by molar-refractivity contribution is 5.62. The molecular weight excluding hydrogens is 588 g/mol. The summed E-state index contributed by atoms with van der Waals surface area (Å²) < 4.78 is 18.8. The third-order valence-electron chi connectivity index (χ3n) is 9.25. The summed E-state index contributed by atoms with van der Waals surface area (Å²) in [7, 11) is 0. The fourth-order valence-corrected chi connectivity index (χ4v) is 6.88. The maximum atomic E-state index is 13.3. The Morgan fingerprint density at radius 2 is 0.644 bits per heavy atom. The number of hydrogen-bond donors (Lipinski definition) is 0. The van der Waals surface area contributed by atoms with Crippen molar-refractivity contribution in [3.8, 4) is 0 Å². The molecule has 0 aromatic rings. The minimum absolute atomic E-state index is 0.206. The van der Waals surface area contributed by atoms with Crippen molar-refractivity contribution in [3.05, 3.63) is 0 Å². The van der Waals surface area contributed by atoms with Gasteiger partial charge in [0.25, 0.3) is 0 Å². The molecule has 0 saturated heterocycles. The van der Waals surface area contributed by atoms with Crippen LogP contribution in [-0.2, 0) is 43.5 Å². The van der Waals surface area contributed by atoms with Crippen LogP contribution in [0.2, 0.25) is 0 Å². The van der Waals surface area contributed by atoms with E-state index in [1.54, 1.807) is 0 Å². The monoisotopic (exact) mass is 650 g/mol. The molecule has 0 N–H and O–H groups in total. The lowest BCUT2D eigenvalue weighted by Crippen LogP contribution is -2.74. The van der Waals surface area contributed by atoms with Gasteiger partial charge >= 0.3 is 18.5 Å². The molecule has 0 bridgehead atoms. The average Bonchev–Trinajstić information content (AvgIpc) is 3.05. The van der Waals surface area contributed by atoms with Gasteiger partial charge < -0.3 is 14.2 Å². The summed E-state index contributed by atoms with van der Waals surface area (Å²) in [6, 6.07) is 0. The van der Waals surface area contributed by atoms with Gasteiger partial charge in [-0.3, -0.25) is 14.7 Å². The number of rotatable bonds is 25. The first-order valence-corrected chi connectivity index (χ1v) is 17.1. The highest BCUT2D eigenvalue weighted by atomic mass is 17.2. The van der Waals surface area contributed by atoms with Gasteiger partial charge in [0.2, 0.25) is 0 Å². The molecule has 0 radical (unpaired) electrons. The summed E-state index contributed by atoms with van der Waals surface area (Å²) in [5, 5.41) is 0. The summed E-state index contributed by atoms with van der Waals surface area (Å²) in [5.41, 5.74) is -5.59. The van der Waals surface area contributed by atoms with Crippen molar-refractivity contribution >= 4 is 18.5 Å². The Labute approximate surface area is 271 Å². The molecule has 0 rings (SSSR count). The molecule has 0 aliphatic carbocycles. The molecule has 12 heteroatoms. The van der Waals surface area contributed by atoms with Gasteiger partial charge in [-0.25, -0.2) is 14.4 Å². The normalized spacial score (nSPS) is 12.4. The minimum Gasteiger partial charge on any atom is -0.425 e. The predicted octanol–water partition coefficient (Wildman–Crippen LogP) is 9.71. The quantitative estimate of drug-likeness (QED) is 0.0306. The minimum atomic E-state index is -1.41. The van der Waals surface area contributed by atoms with E-state index in [-0.39, 0.29) is 64.8 Å². The molecule has 0 amide bonds. The average molecular weight is 651 g/mol. The second kappa shape index (κ2) is 22.3. The number of unbranched alkanes of at least 4 members (excludes halogenated alkanes) is 3. The number of carbonyl (C=O) groups excluding carboxylic acids is 3. The third kappa shape index (κ3) is 10.6. The van der Waals surface area contributed by atoms with E-state index in [0.29, 0.717) is 19.3 Å². The van der Waals surface area contributed by atoms with Crippen LogP contribution < -0.4 is 0 Å². The molecule has 0 fully saturated rings. The third-order valence-corrected chi connectivity index (χ3v) is 9.25. The summed E-state index contributed by atoms with van der Waals surface area (Å²) in [5.74, 6) is 0. The molecule has 0 aliphatic heterocycles. The first-order chi connectivity index (χ1) is 21.5. The van der Waals surface area contributed by atoms with Crippen LogP contribution in [0.15, 0.2) is 0 Å². The number of carbonyl (C=O) groups is 3. The standard InChI is InChI=1S/C33H62O12/c1-11-21-24-37-43-27(34)40-30(14-4,15-5)33(20-10,31(16-6,17-7)41-28(35)44-38-25-22-12-2)32(18-8,19-9)42-29(36)45-39-26-23-13-3/h11-26H2,1-10H3. The van der Waals surface area contributed by atoms with E-state index in [9.17, 15) is 14.4 Å². The van der Waals surface area contributed by atoms with Gasteiger partial charge in [0.15, 0.2) is 0 Å². The fourth-order valence-electron chi connectivity index (χ4n) is 6.88. The zero-order valence-electron chi connectivity index (χ0n) is 29.7. The molecule has 0 aromatic heterocycles. The van der Waals surface area contributed by atoms with Crippen molar-refractivity contribution in [1.29, 1.82) is 0 Å². The first-order valence-electron chi connectivity index (χ1n) is 17.1. The van der Waals surface area contributed by atoms with Gasteiger partial charge in [0.1, 0.15) is 16.8 Å². The molecule has 266 valence electrons. The lowest BCUT2D eigenvalue weighted by molar-refractivity contribution is -0.330. The molecule has 45 heavy (non-hydrogen) atoms. The zero-order chi connectivity index (χ0) is 34.4. The largest absolute Gasteiger partial charge is 0.541 e. The van der Waals surface area contributed by atoms with E-state index in [4.69, 9.17) is 43.5 Å². The van der Waals surface area contributed by atoms with Crippen LogP contribution in [0.25, 0.3) is 0 Å². The van der Waals surface area contributed by atoms with Crippen molar-refractivity contribution in [2.45, 2.75) is 170 Å². The van der Waals surface area contributed by atoms with E-state index in [2.05, 4.69) is 0 Å². The van der Waals surface area contributed by atoms with Gasteiger partial charge in [-0.05, 0) is 64.2 Å². The molecule has 0 aliphatic rings. The predicted molar refractivity (Wildman–Crippen MR) is 168 cm³/mol. The molecule has 0 heterocycles. The van der Waals surface area contributed by atoms with Crippen LogP contribution >= 0.6 is 0 Å². The Kier molecular flexibility index (Phi) is 21.1. The Morgan fingerprint density at radius 1 is 0.400 bits per heavy atom. The Bertz CT molecular complexity index is 716. The van der Waals surface area contributed by atoms with Gasteiger partial charge in [-0.1, -0.05) is 88.5 Å². The lowest BCUT2D eigenvalue weighted by atomic mass is 9.47. The van der Waals surface area contributed by atoms with Crippen molar-refractivity contribution < 1.29 is 57.9 Å². The molecule has 0 atom stereocenters. The maximum absolute atomic E-state index is 13.3. The van der Waals surface area contributed by atoms with Crippen molar-refractivity contribution in [3.63, 3.8) is 0 Å². The summed E-state index contributed by atoms with van der Waals surface area (Å²) in [6.07, 6.45) is 3.22. The van der Waals surface area contributed by atoms with Crippen LogP contribution in [0.1, 0.15) is 153 Å². The van der Waals surface area contributed by atoms with Crippen LogP contribution in [0.3, 0.4) is 0 Å². The molecule has 0 saturated carbocycles. The second-order valence-electron chi connectivity index (χ2n) is 11.2. The van der Waals surface area contributed by atoms with Gasteiger partial charge in [0, 0.05) is 0 Å². The highest BCUT2D eigenvalue weighted by Crippen LogP contribution is 2.63. The Hall–Kier alpha value is -2.31. The molecule has 0 spiro atoms. The van der Waals surface area contributed by atoms with Gasteiger partial charge in [-0.15, -0.1) is 0 Å². The van der Waals surface area contributed by atoms with Crippen LogP contribution in [0.5, 0.6) is 0 Å². The first kappa shape index (κ1) is 42.7. The second-order valence-corrected chi connectivity index (χ2v) is 11.2. The van der Waals surface area contributed by atoms with Gasteiger partial charge in [-0.2, -0.15) is 14.7 Å². The van der Waals surface area contributed by atoms with Crippen LogP contribution in [-0.4, -0.2) is 55.1 Å². The van der Waals surface area contributed by atoms with Crippen molar-refractivity contribution in [2.24, 2.45) is 5.41 Å². The lowest BCUT2D eigenvalue weighted by Gasteiger charge is -2.64. The van der Waals surface area contributed by atoms with Gasteiger partial charge in [0.05, 0.1) is 25.2 Å². The summed E-state index contributed by atoms with van der Waals surface area (Å²) >= 11 is 0.